The molecule has 140 valence electrons. The third-order valence-electron chi connectivity index (χ3n) is 4.65. The Kier molecular flexibility index (Phi) is 7.25. The molecule has 0 radical (unpaired) electrons. The monoisotopic (exact) mass is 367 g/mol. The van der Waals surface area contributed by atoms with Gasteiger partial charge in [-0.05, 0) is 44.0 Å². The van der Waals surface area contributed by atoms with Crippen LogP contribution in [0.15, 0.2) is 24.3 Å². The summed E-state index contributed by atoms with van der Waals surface area (Å²) in [6.07, 6.45) is 3.78. The van der Waals surface area contributed by atoms with Crippen molar-refractivity contribution < 1.29 is 13.2 Å². The smallest absolute Gasteiger partial charge is 0.319 e. The first-order chi connectivity index (χ1) is 11.9. The zero-order valence-corrected chi connectivity index (χ0v) is 15.9. The molecule has 2 amide bonds. The molecule has 1 aliphatic rings. The van der Waals surface area contributed by atoms with Gasteiger partial charge in [-0.2, -0.15) is 0 Å². The van der Waals surface area contributed by atoms with Crippen LogP contribution >= 0.6 is 0 Å². The number of nitrogens with one attached hydrogen (secondary N) is 2. The van der Waals surface area contributed by atoms with Gasteiger partial charge in [-0.25, -0.2) is 13.2 Å². The molecule has 0 saturated carbocycles. The number of urea groups is 1. The number of hydrogen-bond donors (Lipinski definition) is 2. The standard InChI is InChI=1S/C18H29N3O3S/c1-3-25(23,24)12-10-19-18(22)20-17-9-6-8-16(13-17)14-21-11-5-4-7-15(21)2/h6,8-9,13,15H,3-5,7,10-12,14H2,1-2H3,(H2,19,20,22)/t15-/m1/s1. The van der Waals surface area contributed by atoms with Crippen molar-refractivity contribution in [2.75, 3.05) is 29.9 Å². The fourth-order valence-electron chi connectivity index (χ4n) is 3.01. The highest BCUT2D eigenvalue weighted by atomic mass is 32.2. The molecule has 1 aromatic rings. The first kappa shape index (κ1) is 19.7. The Bertz CT molecular complexity index is 676. The Labute approximate surface area is 150 Å². The minimum absolute atomic E-state index is 0.0379. The molecular formula is C18H29N3O3S. The van der Waals surface area contributed by atoms with Crippen LogP contribution in [0.5, 0.6) is 0 Å². The molecule has 2 N–H and O–H groups in total. The predicted molar refractivity (Wildman–Crippen MR) is 102 cm³/mol. The molecule has 1 fully saturated rings. The fraction of sp³-hybridized carbons (Fsp3) is 0.611. The van der Waals surface area contributed by atoms with E-state index < -0.39 is 9.84 Å². The molecule has 0 spiro atoms. The molecule has 0 unspecified atom stereocenters. The van der Waals surface area contributed by atoms with E-state index in [1.54, 1.807) is 6.92 Å². The summed E-state index contributed by atoms with van der Waals surface area (Å²) in [6, 6.07) is 8.03. The molecule has 7 heteroatoms. The third-order valence-corrected chi connectivity index (χ3v) is 6.36. The van der Waals surface area contributed by atoms with Crippen LogP contribution in [0.3, 0.4) is 0 Å². The molecule has 6 nitrogen and oxygen atoms in total. The van der Waals surface area contributed by atoms with Crippen LogP contribution in [0.1, 0.15) is 38.7 Å². The lowest BCUT2D eigenvalue weighted by atomic mass is 10.0. The van der Waals surface area contributed by atoms with Crippen LogP contribution in [0.2, 0.25) is 0 Å². The summed E-state index contributed by atoms with van der Waals surface area (Å²) in [5.74, 6) is 0.0527. The SMILES string of the molecule is CCS(=O)(=O)CCNC(=O)Nc1cccc(CN2CCCC[C@H]2C)c1. The van der Waals surface area contributed by atoms with E-state index in [9.17, 15) is 13.2 Å². The van der Waals surface area contributed by atoms with Crippen molar-refractivity contribution >= 4 is 21.6 Å². The molecule has 1 aromatic carbocycles. The maximum absolute atomic E-state index is 11.9. The number of anilines is 1. The second-order valence-electron chi connectivity index (χ2n) is 6.63. The van der Waals surface area contributed by atoms with Crippen molar-refractivity contribution in [2.24, 2.45) is 0 Å². The maximum atomic E-state index is 11.9. The zero-order chi connectivity index (χ0) is 18.3. The van der Waals surface area contributed by atoms with E-state index in [-0.39, 0.29) is 24.1 Å². The van der Waals surface area contributed by atoms with E-state index in [0.717, 1.165) is 18.8 Å². The molecule has 0 aromatic heterocycles. The van der Waals surface area contributed by atoms with Gasteiger partial charge in [0, 0.05) is 30.6 Å². The third kappa shape index (κ3) is 6.66. The van der Waals surface area contributed by atoms with Crippen LogP contribution in [-0.4, -0.2) is 50.0 Å². The topological polar surface area (TPSA) is 78.5 Å². The van der Waals surface area contributed by atoms with Crippen molar-refractivity contribution in [1.82, 2.24) is 10.2 Å². The van der Waals surface area contributed by atoms with Gasteiger partial charge >= 0.3 is 6.03 Å². The number of sulfone groups is 1. The van der Waals surface area contributed by atoms with E-state index in [2.05, 4.69) is 28.5 Å². The molecule has 0 bridgehead atoms. The summed E-state index contributed by atoms with van der Waals surface area (Å²) in [5.41, 5.74) is 1.89. The number of benzene rings is 1. The molecule has 2 rings (SSSR count). The molecule has 1 atom stereocenters. The van der Waals surface area contributed by atoms with Crippen LogP contribution in [0.25, 0.3) is 0 Å². The van der Waals surface area contributed by atoms with E-state index in [1.165, 1.54) is 24.8 Å². The molecule has 1 heterocycles. The lowest BCUT2D eigenvalue weighted by Gasteiger charge is -2.33. The summed E-state index contributed by atoms with van der Waals surface area (Å²) in [4.78, 5) is 14.4. The van der Waals surface area contributed by atoms with Crippen molar-refractivity contribution in [3.8, 4) is 0 Å². The number of hydrogen-bond acceptors (Lipinski definition) is 4. The van der Waals surface area contributed by atoms with Gasteiger partial charge in [0.25, 0.3) is 0 Å². The number of piperidine rings is 1. The van der Waals surface area contributed by atoms with Gasteiger partial charge in [-0.3, -0.25) is 4.90 Å². The van der Waals surface area contributed by atoms with Gasteiger partial charge in [0.15, 0.2) is 9.84 Å². The van der Waals surface area contributed by atoms with Gasteiger partial charge < -0.3 is 10.6 Å². The van der Waals surface area contributed by atoms with Gasteiger partial charge in [0.05, 0.1) is 5.75 Å². The minimum Gasteiger partial charge on any atom is -0.337 e. The minimum atomic E-state index is -3.06. The van der Waals surface area contributed by atoms with Crippen LogP contribution < -0.4 is 10.6 Å². The summed E-state index contributed by atoms with van der Waals surface area (Å²) >= 11 is 0. The number of amides is 2. The zero-order valence-electron chi connectivity index (χ0n) is 15.1. The highest BCUT2D eigenvalue weighted by molar-refractivity contribution is 7.91. The van der Waals surface area contributed by atoms with E-state index >= 15 is 0 Å². The molecule has 25 heavy (non-hydrogen) atoms. The van der Waals surface area contributed by atoms with Crippen molar-refractivity contribution in [3.63, 3.8) is 0 Å². The number of rotatable bonds is 7. The maximum Gasteiger partial charge on any atom is 0.319 e. The second kappa shape index (κ2) is 9.20. The largest absolute Gasteiger partial charge is 0.337 e. The Morgan fingerprint density at radius 3 is 2.84 bits per heavy atom. The first-order valence-electron chi connectivity index (χ1n) is 8.98. The summed E-state index contributed by atoms with van der Waals surface area (Å²) in [5, 5.41) is 5.36. The quantitative estimate of drug-likeness (QED) is 0.776. The molecule has 1 saturated heterocycles. The number of nitrogens with zero attached hydrogens (tertiary/aromatic N) is 1. The second-order valence-corrected chi connectivity index (χ2v) is 9.11. The van der Waals surface area contributed by atoms with E-state index in [4.69, 9.17) is 0 Å². The molecule has 0 aliphatic carbocycles. The van der Waals surface area contributed by atoms with Gasteiger partial charge in [0.1, 0.15) is 0 Å². The highest BCUT2D eigenvalue weighted by Gasteiger charge is 2.18. The average molecular weight is 368 g/mol. The van der Waals surface area contributed by atoms with Gasteiger partial charge in [0.2, 0.25) is 0 Å². The lowest BCUT2D eigenvalue weighted by molar-refractivity contribution is 0.152. The van der Waals surface area contributed by atoms with E-state index in [1.807, 2.05) is 18.2 Å². The Morgan fingerprint density at radius 1 is 1.32 bits per heavy atom. The van der Waals surface area contributed by atoms with Crippen LogP contribution in [0.4, 0.5) is 10.5 Å². The van der Waals surface area contributed by atoms with Crippen molar-refractivity contribution in [3.05, 3.63) is 29.8 Å². The normalized spacial score (nSPS) is 18.7. The summed E-state index contributed by atoms with van der Waals surface area (Å²) < 4.78 is 22.8. The predicted octanol–water partition coefficient (Wildman–Crippen LogP) is 2.62. The number of carbonyl (C=O) groups excluding carboxylic acids is 1. The fourth-order valence-corrected chi connectivity index (χ4v) is 3.72. The lowest BCUT2D eigenvalue weighted by Crippen LogP contribution is -2.36. The van der Waals surface area contributed by atoms with Crippen molar-refractivity contribution in [2.45, 2.75) is 45.7 Å². The number of carbonyl (C=O) groups is 1. The van der Waals surface area contributed by atoms with Crippen molar-refractivity contribution in [1.29, 1.82) is 0 Å². The molecule has 1 aliphatic heterocycles. The van der Waals surface area contributed by atoms with E-state index in [0.29, 0.717) is 6.04 Å². The first-order valence-corrected chi connectivity index (χ1v) is 10.8. The summed E-state index contributed by atoms with van der Waals surface area (Å²) in [6.45, 7) is 5.98. The average Bonchev–Trinajstić information content (AvgIpc) is 2.57. The highest BCUT2D eigenvalue weighted by Crippen LogP contribution is 2.20. The van der Waals surface area contributed by atoms with Crippen LogP contribution in [-0.2, 0) is 16.4 Å². The summed E-state index contributed by atoms with van der Waals surface area (Å²) in [7, 11) is -3.06. The Balaban J connectivity index is 1.85. The number of likely N-dealkylation sites (tertiary alicyclic amines) is 1. The van der Waals surface area contributed by atoms with Crippen LogP contribution in [0, 0.1) is 0 Å². The van der Waals surface area contributed by atoms with Gasteiger partial charge in [-0.1, -0.05) is 25.5 Å². The Morgan fingerprint density at radius 2 is 2.12 bits per heavy atom. The Hall–Kier alpha value is -1.60. The molecular weight excluding hydrogens is 338 g/mol. The van der Waals surface area contributed by atoms with Gasteiger partial charge in [-0.15, -0.1) is 0 Å².